The molecule has 0 bridgehead atoms. The first-order chi connectivity index (χ1) is 6.70. The monoisotopic (exact) mass is 200 g/mol. The molecule has 0 unspecified atom stereocenters. The second kappa shape index (κ2) is 6.41. The third-order valence-corrected chi connectivity index (χ3v) is 2.84. The summed E-state index contributed by atoms with van der Waals surface area (Å²) < 4.78 is 0. The van der Waals surface area contributed by atoms with Crippen LogP contribution in [0.5, 0.6) is 0 Å². The van der Waals surface area contributed by atoms with Gasteiger partial charge >= 0.3 is 0 Å². The van der Waals surface area contributed by atoms with Gasteiger partial charge in [0.15, 0.2) is 0 Å². The maximum Gasteiger partial charge on any atom is 0.00965 e. The fourth-order valence-corrected chi connectivity index (χ4v) is 2.52. The molecule has 0 N–H and O–H groups in total. The molecule has 2 aliphatic rings. The molecule has 0 radical (unpaired) electrons. The maximum atomic E-state index is 2.45. The third kappa shape index (κ3) is 3.25. The van der Waals surface area contributed by atoms with Gasteiger partial charge in [0.25, 0.3) is 0 Å². The van der Waals surface area contributed by atoms with E-state index in [2.05, 4.69) is 23.9 Å². The molecule has 2 rings (SSSR count). The zero-order chi connectivity index (χ0) is 11.2. The SMILES string of the molecule is CC.CC.CN1CCC2(C1)CN(C)C2. The lowest BCUT2D eigenvalue weighted by molar-refractivity contribution is 0.0329. The molecule has 0 saturated carbocycles. The van der Waals surface area contributed by atoms with E-state index in [9.17, 15) is 0 Å². The van der Waals surface area contributed by atoms with Gasteiger partial charge in [0.1, 0.15) is 0 Å². The van der Waals surface area contributed by atoms with Crippen LogP contribution in [0.3, 0.4) is 0 Å². The molecule has 2 saturated heterocycles. The Morgan fingerprint density at radius 2 is 1.21 bits per heavy atom. The van der Waals surface area contributed by atoms with E-state index in [-0.39, 0.29) is 0 Å². The number of hydrogen-bond acceptors (Lipinski definition) is 2. The van der Waals surface area contributed by atoms with Gasteiger partial charge in [-0.05, 0) is 27.1 Å². The van der Waals surface area contributed by atoms with Crippen molar-refractivity contribution in [1.29, 1.82) is 0 Å². The van der Waals surface area contributed by atoms with Crippen LogP contribution in [0.4, 0.5) is 0 Å². The predicted octanol–water partition coefficient (Wildman–Crippen LogP) is 2.31. The van der Waals surface area contributed by atoms with E-state index in [1.807, 2.05) is 27.7 Å². The average Bonchev–Trinajstić information content (AvgIpc) is 2.54. The Labute approximate surface area is 90.3 Å². The molecule has 0 aromatic rings. The first-order valence-corrected chi connectivity index (χ1v) is 6.07. The smallest absolute Gasteiger partial charge is 0.00965 e. The first kappa shape index (κ1) is 13.9. The minimum absolute atomic E-state index is 0.712. The molecule has 0 aliphatic carbocycles. The van der Waals surface area contributed by atoms with Gasteiger partial charge in [-0.15, -0.1) is 0 Å². The minimum atomic E-state index is 0.712. The zero-order valence-corrected chi connectivity index (χ0v) is 10.9. The van der Waals surface area contributed by atoms with E-state index in [0.717, 1.165) is 0 Å². The minimum Gasteiger partial charge on any atom is -0.306 e. The summed E-state index contributed by atoms with van der Waals surface area (Å²) in [6, 6.07) is 0. The van der Waals surface area contributed by atoms with Gasteiger partial charge in [0.05, 0.1) is 0 Å². The van der Waals surface area contributed by atoms with Crippen molar-refractivity contribution in [3.8, 4) is 0 Å². The van der Waals surface area contributed by atoms with Crippen molar-refractivity contribution in [2.75, 3.05) is 40.3 Å². The number of nitrogens with zero attached hydrogens (tertiary/aromatic N) is 2. The quantitative estimate of drug-likeness (QED) is 0.592. The second-order valence-corrected chi connectivity index (χ2v) is 4.16. The number of likely N-dealkylation sites (tertiary alicyclic amines) is 2. The van der Waals surface area contributed by atoms with Gasteiger partial charge in [-0.1, -0.05) is 27.7 Å². The number of hydrogen-bond donors (Lipinski definition) is 0. The van der Waals surface area contributed by atoms with Crippen LogP contribution in [0.1, 0.15) is 34.1 Å². The maximum absolute atomic E-state index is 2.45. The van der Waals surface area contributed by atoms with Gasteiger partial charge in [-0.25, -0.2) is 0 Å². The fraction of sp³-hybridized carbons (Fsp3) is 1.00. The van der Waals surface area contributed by atoms with Crippen molar-refractivity contribution in [2.24, 2.45) is 5.41 Å². The molecule has 0 amide bonds. The molecule has 1 spiro atoms. The Hall–Kier alpha value is -0.0800. The molecule has 2 nitrogen and oxygen atoms in total. The lowest BCUT2D eigenvalue weighted by Gasteiger charge is -2.46. The molecule has 86 valence electrons. The van der Waals surface area contributed by atoms with Gasteiger partial charge in [0, 0.05) is 25.0 Å². The summed E-state index contributed by atoms with van der Waals surface area (Å²) in [5.41, 5.74) is 0.712. The van der Waals surface area contributed by atoms with Crippen LogP contribution in [0, 0.1) is 5.41 Å². The van der Waals surface area contributed by atoms with E-state index in [4.69, 9.17) is 0 Å². The average molecular weight is 200 g/mol. The van der Waals surface area contributed by atoms with E-state index >= 15 is 0 Å². The van der Waals surface area contributed by atoms with Crippen LogP contribution in [-0.2, 0) is 0 Å². The molecule has 2 fully saturated rings. The highest BCUT2D eigenvalue weighted by Gasteiger charge is 2.44. The summed E-state index contributed by atoms with van der Waals surface area (Å²) in [6.07, 6.45) is 1.42. The summed E-state index contributed by atoms with van der Waals surface area (Å²) in [7, 11) is 4.44. The molecule has 0 aromatic heterocycles. The van der Waals surface area contributed by atoms with Crippen molar-refractivity contribution in [3.05, 3.63) is 0 Å². The van der Waals surface area contributed by atoms with Crippen LogP contribution < -0.4 is 0 Å². The van der Waals surface area contributed by atoms with Gasteiger partial charge in [-0.3, -0.25) is 0 Å². The van der Waals surface area contributed by atoms with E-state index in [1.54, 1.807) is 0 Å². The molecular formula is C12H28N2. The van der Waals surface area contributed by atoms with Crippen LogP contribution in [0.25, 0.3) is 0 Å². The largest absolute Gasteiger partial charge is 0.306 e. The Morgan fingerprint density at radius 3 is 1.50 bits per heavy atom. The van der Waals surface area contributed by atoms with Crippen molar-refractivity contribution < 1.29 is 0 Å². The Morgan fingerprint density at radius 1 is 0.786 bits per heavy atom. The van der Waals surface area contributed by atoms with Crippen molar-refractivity contribution in [3.63, 3.8) is 0 Å². The number of rotatable bonds is 0. The highest BCUT2D eigenvalue weighted by molar-refractivity contribution is 4.99. The standard InChI is InChI=1S/C8H16N2.2C2H6/c1-9-4-3-8(5-9)6-10(2)7-8;2*1-2/h3-7H2,1-2H3;2*1-2H3. The predicted molar refractivity (Wildman–Crippen MR) is 64.7 cm³/mol. The normalized spacial score (nSPS) is 24.4. The highest BCUT2D eigenvalue weighted by Crippen LogP contribution is 2.37. The zero-order valence-electron chi connectivity index (χ0n) is 10.9. The van der Waals surface area contributed by atoms with Crippen LogP contribution in [-0.4, -0.2) is 50.1 Å². The van der Waals surface area contributed by atoms with Gasteiger partial charge in [-0.2, -0.15) is 0 Å². The fourth-order valence-electron chi connectivity index (χ4n) is 2.52. The van der Waals surface area contributed by atoms with Crippen LogP contribution in [0.2, 0.25) is 0 Å². The van der Waals surface area contributed by atoms with Crippen molar-refractivity contribution in [1.82, 2.24) is 9.80 Å². The lowest BCUT2D eigenvalue weighted by atomic mass is 9.80. The summed E-state index contributed by atoms with van der Waals surface area (Å²) in [6.45, 7) is 13.3. The van der Waals surface area contributed by atoms with E-state index in [1.165, 1.54) is 32.6 Å². The molecule has 0 aromatic carbocycles. The van der Waals surface area contributed by atoms with Crippen LogP contribution >= 0.6 is 0 Å². The first-order valence-electron chi connectivity index (χ1n) is 6.07. The van der Waals surface area contributed by atoms with Crippen molar-refractivity contribution in [2.45, 2.75) is 34.1 Å². The molecule has 14 heavy (non-hydrogen) atoms. The van der Waals surface area contributed by atoms with Gasteiger partial charge < -0.3 is 9.80 Å². The van der Waals surface area contributed by atoms with E-state index < -0.39 is 0 Å². The summed E-state index contributed by atoms with van der Waals surface area (Å²) in [4.78, 5) is 4.87. The molecule has 2 heterocycles. The van der Waals surface area contributed by atoms with Gasteiger partial charge in [0.2, 0.25) is 0 Å². The van der Waals surface area contributed by atoms with Crippen molar-refractivity contribution >= 4 is 0 Å². The highest BCUT2D eigenvalue weighted by atomic mass is 15.2. The topological polar surface area (TPSA) is 6.48 Å². The molecule has 2 aliphatic heterocycles. The summed E-state index contributed by atoms with van der Waals surface area (Å²) >= 11 is 0. The molecule has 2 heteroatoms. The second-order valence-electron chi connectivity index (χ2n) is 4.16. The Balaban J connectivity index is 0.000000379. The third-order valence-electron chi connectivity index (χ3n) is 2.84. The molecule has 0 atom stereocenters. The lowest BCUT2D eigenvalue weighted by Crippen LogP contribution is -2.55. The summed E-state index contributed by atoms with van der Waals surface area (Å²) in [5.74, 6) is 0. The molecular weight excluding hydrogens is 172 g/mol. The Bertz CT molecular complexity index is 134. The Kier molecular flexibility index (Phi) is 6.38. The summed E-state index contributed by atoms with van der Waals surface area (Å²) in [5, 5.41) is 0. The van der Waals surface area contributed by atoms with Crippen LogP contribution in [0.15, 0.2) is 0 Å². The van der Waals surface area contributed by atoms with E-state index in [0.29, 0.717) is 5.41 Å².